The van der Waals surface area contributed by atoms with E-state index in [1.165, 1.54) is 0 Å². The van der Waals surface area contributed by atoms with Gasteiger partial charge in [0.15, 0.2) is 0 Å². The summed E-state index contributed by atoms with van der Waals surface area (Å²) >= 11 is 0. The van der Waals surface area contributed by atoms with E-state index in [2.05, 4.69) is 56.1 Å². The molecule has 0 aliphatic carbocycles. The molecule has 0 spiro atoms. The van der Waals surface area contributed by atoms with Gasteiger partial charge in [-0.3, -0.25) is 0 Å². The summed E-state index contributed by atoms with van der Waals surface area (Å²) in [5, 5.41) is 12.8. The van der Waals surface area contributed by atoms with E-state index >= 15 is 0 Å². The maximum Gasteiger partial charge on any atom is 0.101 e. The number of anilines is 1. The minimum atomic E-state index is -0.188. The first-order valence-corrected chi connectivity index (χ1v) is 7.61. The fourth-order valence-corrected chi connectivity index (χ4v) is 2.97. The molecule has 21 heavy (non-hydrogen) atoms. The van der Waals surface area contributed by atoms with Crippen LogP contribution in [-0.2, 0) is 11.3 Å². The van der Waals surface area contributed by atoms with Crippen molar-refractivity contribution in [2.24, 2.45) is 0 Å². The highest BCUT2D eigenvalue weighted by molar-refractivity contribution is 5.61. The topological polar surface area (TPSA) is 48.3 Å². The molecule has 1 aliphatic rings. The Hall–Kier alpha value is -1.57. The van der Waals surface area contributed by atoms with Crippen LogP contribution in [0.2, 0.25) is 0 Å². The molecule has 0 amide bonds. The molecule has 4 nitrogen and oxygen atoms in total. The van der Waals surface area contributed by atoms with Crippen LogP contribution >= 0.6 is 0 Å². The molecule has 1 aromatic rings. The van der Waals surface area contributed by atoms with E-state index in [1.807, 2.05) is 6.07 Å². The Morgan fingerprint density at radius 3 is 2.86 bits per heavy atom. The van der Waals surface area contributed by atoms with E-state index < -0.39 is 0 Å². The van der Waals surface area contributed by atoms with Gasteiger partial charge in [-0.2, -0.15) is 5.26 Å². The molecular formula is C17H25N3O. The number of hydrogen-bond acceptors (Lipinski definition) is 4. The number of hydrogen-bond donors (Lipinski definition) is 1. The zero-order valence-corrected chi connectivity index (χ0v) is 13.4. The molecule has 0 bridgehead atoms. The average Bonchev–Trinajstić information content (AvgIpc) is 2.42. The van der Waals surface area contributed by atoms with Crippen LogP contribution in [0.4, 0.5) is 5.69 Å². The van der Waals surface area contributed by atoms with Gasteiger partial charge in [-0.05, 0) is 45.0 Å². The van der Waals surface area contributed by atoms with Crippen LogP contribution in [0.15, 0.2) is 18.2 Å². The van der Waals surface area contributed by atoms with Crippen LogP contribution < -0.4 is 10.2 Å². The second kappa shape index (κ2) is 6.46. The molecule has 0 aromatic heterocycles. The van der Waals surface area contributed by atoms with E-state index in [0.717, 1.165) is 43.0 Å². The monoisotopic (exact) mass is 287 g/mol. The molecule has 1 N–H and O–H groups in total. The van der Waals surface area contributed by atoms with Crippen molar-refractivity contribution in [3.05, 3.63) is 29.3 Å². The number of morpholine rings is 1. The Balaban J connectivity index is 2.25. The van der Waals surface area contributed by atoms with E-state index in [0.29, 0.717) is 0 Å². The maximum absolute atomic E-state index is 9.47. The Kier molecular flexibility index (Phi) is 4.87. The molecule has 1 atom stereocenters. The Labute approximate surface area is 127 Å². The van der Waals surface area contributed by atoms with Crippen molar-refractivity contribution in [1.82, 2.24) is 5.32 Å². The summed E-state index contributed by atoms with van der Waals surface area (Å²) in [6.07, 6.45) is 0.168. The Morgan fingerprint density at radius 1 is 1.48 bits per heavy atom. The number of nitrogens with zero attached hydrogens (tertiary/aromatic N) is 2. The lowest BCUT2D eigenvalue weighted by Gasteiger charge is -2.43. The van der Waals surface area contributed by atoms with Crippen LogP contribution in [0.5, 0.6) is 0 Å². The second-order valence-electron chi connectivity index (χ2n) is 6.31. The van der Waals surface area contributed by atoms with E-state index in [1.54, 1.807) is 0 Å². The van der Waals surface area contributed by atoms with Gasteiger partial charge in [0, 0.05) is 19.6 Å². The van der Waals surface area contributed by atoms with E-state index in [4.69, 9.17) is 4.74 Å². The zero-order chi connectivity index (χ0) is 15.5. The van der Waals surface area contributed by atoms with Crippen LogP contribution in [0.25, 0.3) is 0 Å². The van der Waals surface area contributed by atoms with Gasteiger partial charge >= 0.3 is 0 Å². The van der Waals surface area contributed by atoms with Gasteiger partial charge in [-0.1, -0.05) is 13.0 Å². The average molecular weight is 287 g/mol. The van der Waals surface area contributed by atoms with Crippen LogP contribution in [0.3, 0.4) is 0 Å². The van der Waals surface area contributed by atoms with Crippen molar-refractivity contribution in [2.75, 3.05) is 24.5 Å². The van der Waals surface area contributed by atoms with Gasteiger partial charge in [0.25, 0.3) is 0 Å². The first kappa shape index (κ1) is 15.8. The fraction of sp³-hybridized carbons (Fsp3) is 0.588. The third-order valence-electron chi connectivity index (χ3n) is 3.67. The highest BCUT2D eigenvalue weighted by Gasteiger charge is 2.32. The van der Waals surface area contributed by atoms with Crippen LogP contribution in [0, 0.1) is 11.3 Å². The van der Waals surface area contributed by atoms with Crippen molar-refractivity contribution in [3.63, 3.8) is 0 Å². The lowest BCUT2D eigenvalue weighted by atomic mass is 10.0. The second-order valence-corrected chi connectivity index (χ2v) is 6.31. The fourth-order valence-electron chi connectivity index (χ4n) is 2.97. The predicted molar refractivity (Wildman–Crippen MR) is 85.4 cm³/mol. The zero-order valence-electron chi connectivity index (χ0n) is 13.4. The summed E-state index contributed by atoms with van der Waals surface area (Å²) in [4.78, 5) is 2.27. The summed E-state index contributed by atoms with van der Waals surface area (Å²) in [5.74, 6) is 0. The molecule has 1 heterocycles. The lowest BCUT2D eigenvalue weighted by Crippen LogP contribution is -2.52. The third kappa shape index (κ3) is 3.96. The molecule has 2 rings (SSSR count). The van der Waals surface area contributed by atoms with Crippen molar-refractivity contribution in [3.8, 4) is 6.07 Å². The number of nitrogens with one attached hydrogen (secondary N) is 1. The highest BCUT2D eigenvalue weighted by Crippen LogP contribution is 2.28. The number of rotatable bonds is 4. The van der Waals surface area contributed by atoms with E-state index in [-0.39, 0.29) is 11.7 Å². The lowest BCUT2D eigenvalue weighted by molar-refractivity contribution is -0.0749. The van der Waals surface area contributed by atoms with Crippen LogP contribution in [0.1, 0.15) is 38.8 Å². The molecule has 0 saturated carbocycles. The molecule has 1 unspecified atom stereocenters. The maximum atomic E-state index is 9.47. The summed E-state index contributed by atoms with van der Waals surface area (Å²) < 4.78 is 5.94. The largest absolute Gasteiger partial charge is 0.369 e. The predicted octanol–water partition coefficient (Wildman–Crippen LogP) is 2.67. The molecule has 1 saturated heterocycles. The van der Waals surface area contributed by atoms with Gasteiger partial charge in [-0.15, -0.1) is 0 Å². The SMILES string of the molecule is CCNCc1ccc(N2CC(C)OC(C)(C)C2)c(C#N)c1. The van der Waals surface area contributed by atoms with Gasteiger partial charge in [0.2, 0.25) is 0 Å². The summed E-state index contributed by atoms with van der Waals surface area (Å²) in [6.45, 7) is 11.7. The molecule has 1 aromatic carbocycles. The van der Waals surface area contributed by atoms with Gasteiger partial charge in [0.1, 0.15) is 6.07 Å². The quantitative estimate of drug-likeness (QED) is 0.925. The molecule has 4 heteroatoms. The molecular weight excluding hydrogens is 262 g/mol. The first-order chi connectivity index (χ1) is 9.95. The minimum absolute atomic E-state index is 0.168. The standard InChI is InChI=1S/C17H25N3O/c1-5-19-10-14-6-7-16(15(8-14)9-18)20-11-13(2)21-17(3,4)12-20/h6-8,13,19H,5,10-12H2,1-4H3. The van der Waals surface area contributed by atoms with Crippen molar-refractivity contribution in [1.29, 1.82) is 5.26 Å². The third-order valence-corrected chi connectivity index (χ3v) is 3.67. The molecule has 114 valence electrons. The van der Waals surface area contributed by atoms with Gasteiger partial charge in [-0.25, -0.2) is 0 Å². The molecule has 1 aliphatic heterocycles. The summed E-state index contributed by atoms with van der Waals surface area (Å²) in [6, 6.07) is 8.50. The minimum Gasteiger partial charge on any atom is -0.369 e. The Morgan fingerprint density at radius 2 is 2.24 bits per heavy atom. The highest BCUT2D eigenvalue weighted by atomic mass is 16.5. The van der Waals surface area contributed by atoms with Gasteiger partial charge in [0.05, 0.1) is 23.0 Å². The molecule has 0 radical (unpaired) electrons. The normalized spacial score (nSPS) is 21.1. The molecule has 1 fully saturated rings. The number of ether oxygens (including phenoxy) is 1. The van der Waals surface area contributed by atoms with Gasteiger partial charge < -0.3 is 15.0 Å². The number of benzene rings is 1. The summed E-state index contributed by atoms with van der Waals surface area (Å²) in [7, 11) is 0. The smallest absolute Gasteiger partial charge is 0.101 e. The van der Waals surface area contributed by atoms with E-state index in [9.17, 15) is 5.26 Å². The Bertz CT molecular complexity index is 533. The van der Waals surface area contributed by atoms with Crippen molar-refractivity contribution < 1.29 is 4.74 Å². The van der Waals surface area contributed by atoms with Crippen LogP contribution in [-0.4, -0.2) is 31.3 Å². The summed E-state index contributed by atoms with van der Waals surface area (Å²) in [5.41, 5.74) is 2.72. The first-order valence-electron chi connectivity index (χ1n) is 7.61. The van der Waals surface area contributed by atoms with Crippen molar-refractivity contribution >= 4 is 5.69 Å². The van der Waals surface area contributed by atoms with Crippen molar-refractivity contribution in [2.45, 2.75) is 45.9 Å². The number of nitriles is 1.